The number of hydrogen-bond acceptors (Lipinski definition) is 2. The highest BCUT2D eigenvalue weighted by Gasteiger charge is 2.17. The summed E-state index contributed by atoms with van der Waals surface area (Å²) in [6.07, 6.45) is 5.12. The second kappa shape index (κ2) is 7.47. The summed E-state index contributed by atoms with van der Waals surface area (Å²) < 4.78 is 14.7. The topological polar surface area (TPSA) is 39.0 Å². The quantitative estimate of drug-likeness (QED) is 0.301. The van der Waals surface area contributed by atoms with Crippen LogP contribution in [0.4, 0.5) is 4.39 Å². The maximum Gasteiger partial charge on any atom is 0.237 e. The zero-order valence-electron chi connectivity index (χ0n) is 11.8. The molecule has 1 aromatic heterocycles. The van der Waals surface area contributed by atoms with Crippen molar-refractivity contribution in [3.8, 4) is 0 Å². The van der Waals surface area contributed by atoms with Crippen molar-refractivity contribution in [2.45, 2.75) is 0 Å². The van der Waals surface area contributed by atoms with Gasteiger partial charge in [0.2, 0.25) is 5.70 Å². The van der Waals surface area contributed by atoms with Crippen LogP contribution in [0.15, 0.2) is 67.5 Å². The van der Waals surface area contributed by atoms with Crippen LogP contribution in [0.25, 0.3) is 11.5 Å². The van der Waals surface area contributed by atoms with E-state index in [1.807, 2.05) is 6.07 Å². The summed E-state index contributed by atoms with van der Waals surface area (Å²) >= 11 is 5.31. The third kappa shape index (κ3) is 3.77. The van der Waals surface area contributed by atoms with E-state index in [4.69, 9.17) is 12.2 Å². The average molecular weight is 314 g/mol. The Balaban J connectivity index is 2.51. The number of rotatable bonds is 5. The molecule has 0 fully saturated rings. The number of aromatic nitrogens is 1. The number of halogens is 1. The minimum absolute atomic E-state index is 0.280. The molecule has 2 rings (SSSR count). The monoisotopic (exact) mass is 314 g/mol. The van der Waals surface area contributed by atoms with Gasteiger partial charge in [0.15, 0.2) is 17.4 Å². The largest absolute Gasteiger partial charge is 0.867 e. The Hall–Kier alpha value is -2.53. The van der Waals surface area contributed by atoms with E-state index in [9.17, 15) is 9.50 Å². The molecule has 0 aliphatic heterocycles. The third-order valence-electron chi connectivity index (χ3n) is 2.92. The normalized spacial score (nSPS) is 11.5. The van der Waals surface area contributed by atoms with E-state index in [0.29, 0.717) is 22.8 Å². The van der Waals surface area contributed by atoms with E-state index in [0.717, 1.165) is 0 Å². The Bertz CT molecular complexity index is 696. The van der Waals surface area contributed by atoms with Crippen molar-refractivity contribution in [2.75, 3.05) is 6.54 Å². The van der Waals surface area contributed by atoms with E-state index in [2.05, 4.69) is 11.9 Å². The number of benzene rings is 1. The molecule has 22 heavy (non-hydrogen) atoms. The highest BCUT2D eigenvalue weighted by atomic mass is 32.1. The molecule has 2 aromatic rings. The second-order valence-corrected chi connectivity index (χ2v) is 4.87. The highest BCUT2D eigenvalue weighted by Crippen LogP contribution is 2.15. The van der Waals surface area contributed by atoms with E-state index in [1.165, 1.54) is 24.3 Å². The van der Waals surface area contributed by atoms with E-state index >= 15 is 0 Å². The average Bonchev–Trinajstić information content (AvgIpc) is 2.54. The summed E-state index contributed by atoms with van der Waals surface area (Å²) in [6, 6.07) is 10.8. The minimum atomic E-state index is -0.391. The van der Waals surface area contributed by atoms with Gasteiger partial charge in [0.1, 0.15) is 5.82 Å². The summed E-state index contributed by atoms with van der Waals surface area (Å²) in [6.45, 7) is 4.06. The highest BCUT2D eigenvalue weighted by molar-refractivity contribution is 7.81. The van der Waals surface area contributed by atoms with Crippen molar-refractivity contribution in [3.05, 3.63) is 78.9 Å². The van der Waals surface area contributed by atoms with Gasteiger partial charge in [-0.25, -0.2) is 4.39 Å². The van der Waals surface area contributed by atoms with E-state index in [-0.39, 0.29) is 5.76 Å². The summed E-state index contributed by atoms with van der Waals surface area (Å²) in [5.74, 6) is -0.671. The zero-order chi connectivity index (χ0) is 15.9. The third-order valence-corrected chi connectivity index (χ3v) is 3.25. The molecule has 112 valence electrons. The molecule has 1 heterocycles. The molecule has 0 radical (unpaired) electrons. The summed E-state index contributed by atoms with van der Waals surface area (Å²) in [7, 11) is 0. The number of pyridine rings is 1. The molecule has 1 N–H and O–H groups in total. The molecule has 5 heteroatoms. The van der Waals surface area contributed by atoms with E-state index < -0.39 is 5.82 Å². The van der Waals surface area contributed by atoms with Crippen molar-refractivity contribution in [3.63, 3.8) is 0 Å². The van der Waals surface area contributed by atoms with Crippen LogP contribution in [0.1, 0.15) is 5.56 Å². The van der Waals surface area contributed by atoms with Crippen LogP contribution in [-0.2, 0) is 0 Å². The van der Waals surface area contributed by atoms with Crippen molar-refractivity contribution in [2.24, 2.45) is 0 Å². The molecule has 0 aliphatic rings. The molecule has 1 aromatic carbocycles. The first-order valence-electron chi connectivity index (χ1n) is 6.66. The first-order chi connectivity index (χ1) is 10.6. The van der Waals surface area contributed by atoms with Gasteiger partial charge in [-0.15, -0.1) is 6.58 Å². The molecule has 0 aliphatic carbocycles. The van der Waals surface area contributed by atoms with Crippen molar-refractivity contribution in [1.82, 2.24) is 5.32 Å². The summed E-state index contributed by atoms with van der Waals surface area (Å²) in [4.78, 5) is 0.311. The second-order valence-electron chi connectivity index (χ2n) is 4.47. The Morgan fingerprint density at radius 1 is 1.23 bits per heavy atom. The van der Waals surface area contributed by atoms with Gasteiger partial charge in [-0.05, 0) is 23.5 Å². The Labute approximate surface area is 134 Å². The SMILES string of the molecule is C=CCNC(=S)/C(=C(/[O-])c1ccc(F)cc1)[n+]1ccccc1. The molecule has 0 unspecified atom stereocenters. The van der Waals surface area contributed by atoms with Crippen LogP contribution < -0.4 is 15.0 Å². The molecule has 0 spiro atoms. The smallest absolute Gasteiger partial charge is 0.237 e. The van der Waals surface area contributed by atoms with Gasteiger partial charge in [-0.3, -0.25) is 0 Å². The lowest BCUT2D eigenvalue weighted by Crippen LogP contribution is -2.42. The van der Waals surface area contributed by atoms with Gasteiger partial charge >= 0.3 is 0 Å². The number of nitrogens with one attached hydrogen (secondary N) is 1. The van der Waals surface area contributed by atoms with Gasteiger partial charge < -0.3 is 10.4 Å². The minimum Gasteiger partial charge on any atom is -0.867 e. The molecular weight excluding hydrogens is 299 g/mol. The molecule has 0 bridgehead atoms. The van der Waals surface area contributed by atoms with Gasteiger partial charge in [-0.2, -0.15) is 4.57 Å². The predicted octanol–water partition coefficient (Wildman–Crippen LogP) is 1.90. The summed E-state index contributed by atoms with van der Waals surface area (Å²) in [5.41, 5.74) is 0.680. The first-order valence-corrected chi connectivity index (χ1v) is 7.07. The first kappa shape index (κ1) is 15.9. The molecule has 0 atom stereocenters. The van der Waals surface area contributed by atoms with Crippen LogP contribution >= 0.6 is 12.2 Å². The lowest BCUT2D eigenvalue weighted by atomic mass is 10.1. The number of hydrogen-bond donors (Lipinski definition) is 1. The van der Waals surface area contributed by atoms with Gasteiger partial charge in [0, 0.05) is 18.7 Å². The Morgan fingerprint density at radius 2 is 1.86 bits per heavy atom. The predicted molar refractivity (Wildman–Crippen MR) is 86.9 cm³/mol. The zero-order valence-corrected chi connectivity index (χ0v) is 12.6. The van der Waals surface area contributed by atoms with Crippen LogP contribution in [0.5, 0.6) is 0 Å². The standard InChI is InChI=1S/C17H15FN2OS/c1-2-10-19-17(22)15(20-11-4-3-5-12-20)16(21)13-6-8-14(18)9-7-13/h2-9,11-12H,1,10H2,(H-,19,21,22). The number of nitrogens with zero attached hydrogens (tertiary/aromatic N) is 1. The maximum atomic E-state index is 13.0. The van der Waals surface area contributed by atoms with Crippen LogP contribution in [-0.4, -0.2) is 11.5 Å². The van der Waals surface area contributed by atoms with Crippen LogP contribution in [0.2, 0.25) is 0 Å². The fourth-order valence-electron chi connectivity index (χ4n) is 1.87. The van der Waals surface area contributed by atoms with Gasteiger partial charge in [0.25, 0.3) is 0 Å². The van der Waals surface area contributed by atoms with Gasteiger partial charge in [-0.1, -0.05) is 36.5 Å². The molecule has 0 amide bonds. The molecule has 3 nitrogen and oxygen atoms in total. The summed E-state index contributed by atoms with van der Waals surface area (Å²) in [5, 5.41) is 15.7. The molecule has 0 saturated heterocycles. The maximum absolute atomic E-state index is 13.0. The lowest BCUT2D eigenvalue weighted by Gasteiger charge is -2.16. The fourth-order valence-corrected chi connectivity index (χ4v) is 2.15. The molecule has 0 saturated carbocycles. The Morgan fingerprint density at radius 3 is 2.45 bits per heavy atom. The van der Waals surface area contributed by atoms with Crippen LogP contribution in [0, 0.1) is 5.82 Å². The molecular formula is C17H15FN2OS. The Kier molecular flexibility index (Phi) is 5.38. The van der Waals surface area contributed by atoms with Crippen LogP contribution in [0.3, 0.4) is 0 Å². The van der Waals surface area contributed by atoms with Crippen molar-refractivity contribution < 1.29 is 14.1 Å². The van der Waals surface area contributed by atoms with Crippen molar-refractivity contribution >= 4 is 28.7 Å². The van der Waals surface area contributed by atoms with Crippen molar-refractivity contribution in [1.29, 1.82) is 0 Å². The van der Waals surface area contributed by atoms with Gasteiger partial charge in [0.05, 0.1) is 0 Å². The van der Waals surface area contributed by atoms with E-state index in [1.54, 1.807) is 35.2 Å². The number of thiocarbonyl (C=S) groups is 1. The lowest BCUT2D eigenvalue weighted by molar-refractivity contribution is -0.577. The fraction of sp³-hybridized carbons (Fsp3) is 0.0588.